The van der Waals surface area contributed by atoms with E-state index in [1.165, 1.54) is 89.9 Å². The first-order chi connectivity index (χ1) is 12.3. The summed E-state index contributed by atoms with van der Waals surface area (Å²) in [6.07, 6.45) is 19.6. The number of amides is 1. The minimum Gasteiger partial charge on any atom is -0.354 e. The van der Waals surface area contributed by atoms with Crippen LogP contribution in [0.1, 0.15) is 96.8 Å². The average Bonchev–Trinajstić information content (AvgIpc) is 2.61. The number of hydrogen-bond acceptors (Lipinski definition) is 3. The van der Waals surface area contributed by atoms with E-state index in [1.807, 2.05) is 0 Å². The summed E-state index contributed by atoms with van der Waals surface area (Å²) in [5, 5.41) is 9.11. The van der Waals surface area contributed by atoms with Crippen LogP contribution in [0.15, 0.2) is 0 Å². The third-order valence-electron chi connectivity index (χ3n) is 4.67. The Labute approximate surface area is 157 Å². The van der Waals surface area contributed by atoms with E-state index in [-0.39, 0.29) is 5.91 Å². The Bertz CT molecular complexity index is 272. The molecule has 1 amide bonds. The van der Waals surface area contributed by atoms with Crippen LogP contribution in [0, 0.1) is 0 Å². The summed E-state index contributed by atoms with van der Waals surface area (Å²) < 4.78 is 0. The van der Waals surface area contributed by atoms with Crippen LogP contribution in [0.4, 0.5) is 0 Å². The van der Waals surface area contributed by atoms with Gasteiger partial charge in [0.15, 0.2) is 0 Å². The maximum Gasteiger partial charge on any atom is 0.233 e. The molecule has 0 aromatic carbocycles. The van der Waals surface area contributed by atoms with Gasteiger partial charge in [-0.05, 0) is 20.0 Å². The van der Waals surface area contributed by atoms with Gasteiger partial charge in [0, 0.05) is 13.1 Å². The highest BCUT2D eigenvalue weighted by molar-refractivity contribution is 5.77. The normalized spacial score (nSPS) is 11.0. The molecule has 3 N–H and O–H groups in total. The van der Waals surface area contributed by atoms with Gasteiger partial charge in [-0.1, -0.05) is 90.4 Å². The van der Waals surface area contributed by atoms with E-state index in [2.05, 4.69) is 22.9 Å². The number of likely N-dealkylation sites (N-methyl/N-ethyl adjacent to an activating group) is 1. The Balaban J connectivity index is 3.02. The van der Waals surface area contributed by atoms with Crippen LogP contribution in [0.5, 0.6) is 0 Å². The first kappa shape index (κ1) is 24.4. The van der Waals surface area contributed by atoms with E-state index < -0.39 is 0 Å². The van der Waals surface area contributed by atoms with Gasteiger partial charge in [0.05, 0.1) is 6.54 Å². The summed E-state index contributed by atoms with van der Waals surface area (Å²) in [7, 11) is 1.79. The van der Waals surface area contributed by atoms with Crippen molar-refractivity contribution in [1.82, 2.24) is 16.0 Å². The summed E-state index contributed by atoms with van der Waals surface area (Å²) in [5.74, 6) is 0.0702. The molecule has 0 fully saturated rings. The molecule has 0 saturated heterocycles. The monoisotopic (exact) mass is 355 g/mol. The number of carbonyl (C=O) groups is 1. The van der Waals surface area contributed by atoms with Crippen molar-refractivity contribution >= 4 is 5.91 Å². The summed E-state index contributed by atoms with van der Waals surface area (Å²) in [4.78, 5) is 11.2. The quantitative estimate of drug-likeness (QED) is 0.284. The molecule has 0 radical (unpaired) electrons. The molecular formula is C21H45N3O. The first-order valence-electron chi connectivity index (χ1n) is 10.9. The van der Waals surface area contributed by atoms with Crippen molar-refractivity contribution in [2.24, 2.45) is 0 Å². The van der Waals surface area contributed by atoms with Gasteiger partial charge >= 0.3 is 0 Å². The number of unbranched alkanes of at least 4 members (excludes halogenated alkanes) is 13. The maximum absolute atomic E-state index is 11.2. The molecule has 0 saturated carbocycles. The lowest BCUT2D eigenvalue weighted by atomic mass is 10.0. The standard InChI is InChI=1S/C21H45N3O/c1-3-4-5-6-7-8-9-10-11-12-13-14-15-16-17-23-18-19-24-21(25)20-22-2/h22-23H,3-20H2,1-2H3,(H,24,25). The number of rotatable bonds is 20. The lowest BCUT2D eigenvalue weighted by molar-refractivity contribution is -0.120. The lowest BCUT2D eigenvalue weighted by Gasteiger charge is -2.07. The summed E-state index contributed by atoms with van der Waals surface area (Å²) in [6, 6.07) is 0. The highest BCUT2D eigenvalue weighted by Gasteiger charge is 1.97. The Morgan fingerprint density at radius 2 is 1.12 bits per heavy atom. The first-order valence-corrected chi connectivity index (χ1v) is 10.9. The number of nitrogens with one attached hydrogen (secondary N) is 3. The molecule has 0 aliphatic heterocycles. The van der Waals surface area contributed by atoms with Crippen LogP contribution in [0.25, 0.3) is 0 Å². The Morgan fingerprint density at radius 1 is 0.640 bits per heavy atom. The van der Waals surface area contributed by atoms with Crippen LogP contribution >= 0.6 is 0 Å². The van der Waals surface area contributed by atoms with Crippen LogP contribution < -0.4 is 16.0 Å². The molecule has 0 aromatic rings. The second-order valence-electron chi connectivity index (χ2n) is 7.23. The fraction of sp³-hybridized carbons (Fsp3) is 0.952. The van der Waals surface area contributed by atoms with Gasteiger partial charge < -0.3 is 16.0 Å². The second kappa shape index (κ2) is 21.4. The number of carbonyl (C=O) groups excluding carboxylic acids is 1. The lowest BCUT2D eigenvalue weighted by Crippen LogP contribution is -2.36. The Morgan fingerprint density at radius 3 is 1.60 bits per heavy atom. The Hall–Kier alpha value is -0.610. The van der Waals surface area contributed by atoms with Gasteiger partial charge in [0.1, 0.15) is 0 Å². The number of hydrogen-bond donors (Lipinski definition) is 3. The molecule has 25 heavy (non-hydrogen) atoms. The zero-order valence-corrected chi connectivity index (χ0v) is 17.1. The molecular weight excluding hydrogens is 310 g/mol. The van der Waals surface area contributed by atoms with Gasteiger partial charge in [-0.2, -0.15) is 0 Å². The predicted octanol–water partition coefficient (Wildman–Crippen LogP) is 4.39. The van der Waals surface area contributed by atoms with Gasteiger partial charge in [-0.3, -0.25) is 4.79 Å². The van der Waals surface area contributed by atoms with Crippen LogP contribution in [-0.2, 0) is 4.79 Å². The fourth-order valence-corrected chi connectivity index (χ4v) is 3.08. The van der Waals surface area contributed by atoms with Crippen LogP contribution in [0.3, 0.4) is 0 Å². The van der Waals surface area contributed by atoms with E-state index in [4.69, 9.17) is 0 Å². The maximum atomic E-state index is 11.2. The van der Waals surface area contributed by atoms with Crippen molar-refractivity contribution in [2.75, 3.05) is 33.2 Å². The average molecular weight is 356 g/mol. The van der Waals surface area contributed by atoms with E-state index in [0.29, 0.717) is 6.54 Å². The molecule has 0 heterocycles. The van der Waals surface area contributed by atoms with Crippen LogP contribution in [0.2, 0.25) is 0 Å². The van der Waals surface area contributed by atoms with Crippen molar-refractivity contribution in [1.29, 1.82) is 0 Å². The third-order valence-corrected chi connectivity index (χ3v) is 4.67. The fourth-order valence-electron chi connectivity index (χ4n) is 3.08. The topological polar surface area (TPSA) is 53.2 Å². The van der Waals surface area contributed by atoms with E-state index in [0.717, 1.165) is 19.6 Å². The van der Waals surface area contributed by atoms with Gasteiger partial charge in [-0.15, -0.1) is 0 Å². The van der Waals surface area contributed by atoms with Crippen molar-refractivity contribution in [2.45, 2.75) is 96.8 Å². The van der Waals surface area contributed by atoms with Crippen LogP contribution in [-0.4, -0.2) is 39.1 Å². The van der Waals surface area contributed by atoms with Crippen molar-refractivity contribution in [3.8, 4) is 0 Å². The van der Waals surface area contributed by atoms with E-state index >= 15 is 0 Å². The minimum atomic E-state index is 0.0702. The van der Waals surface area contributed by atoms with Crippen molar-refractivity contribution in [3.05, 3.63) is 0 Å². The molecule has 0 atom stereocenters. The van der Waals surface area contributed by atoms with Gasteiger partial charge in [0.2, 0.25) is 5.91 Å². The molecule has 0 bridgehead atoms. The van der Waals surface area contributed by atoms with Crippen molar-refractivity contribution in [3.63, 3.8) is 0 Å². The molecule has 0 spiro atoms. The summed E-state index contributed by atoms with van der Waals surface area (Å²) in [5.41, 5.74) is 0. The van der Waals surface area contributed by atoms with Gasteiger partial charge in [-0.25, -0.2) is 0 Å². The smallest absolute Gasteiger partial charge is 0.233 e. The molecule has 150 valence electrons. The SMILES string of the molecule is CCCCCCCCCCCCCCCCNCCNC(=O)CNC. The second-order valence-corrected chi connectivity index (χ2v) is 7.23. The molecule has 0 aromatic heterocycles. The molecule has 0 rings (SSSR count). The van der Waals surface area contributed by atoms with Gasteiger partial charge in [0.25, 0.3) is 0 Å². The largest absolute Gasteiger partial charge is 0.354 e. The van der Waals surface area contributed by atoms with Crippen molar-refractivity contribution < 1.29 is 4.79 Å². The molecule has 0 aliphatic rings. The predicted molar refractivity (Wildman–Crippen MR) is 110 cm³/mol. The molecule has 4 heteroatoms. The molecule has 4 nitrogen and oxygen atoms in total. The molecule has 0 unspecified atom stereocenters. The Kier molecular flexibility index (Phi) is 20.9. The molecule has 0 aliphatic carbocycles. The highest BCUT2D eigenvalue weighted by atomic mass is 16.1. The third kappa shape index (κ3) is 21.3. The summed E-state index contributed by atoms with van der Waals surface area (Å²) >= 11 is 0. The van der Waals surface area contributed by atoms with E-state index in [9.17, 15) is 4.79 Å². The minimum absolute atomic E-state index is 0.0702. The zero-order valence-electron chi connectivity index (χ0n) is 17.1. The zero-order chi connectivity index (χ0) is 18.4. The summed E-state index contributed by atoms with van der Waals surface area (Å²) in [6.45, 7) is 5.34. The van der Waals surface area contributed by atoms with E-state index in [1.54, 1.807) is 7.05 Å². The highest BCUT2D eigenvalue weighted by Crippen LogP contribution is 2.12.